The average Bonchev–Trinajstić information content (AvgIpc) is 2.49. The molecular formula is C19H37NO5Si. The minimum Gasteiger partial charge on any atom is -0.469 e. The highest BCUT2D eigenvalue weighted by Crippen LogP contribution is 2.34. The molecule has 1 heterocycles. The fourth-order valence-corrected chi connectivity index (χ4v) is 4.07. The minimum absolute atomic E-state index is 0.131. The Morgan fingerprint density at radius 3 is 2.04 bits per heavy atom. The number of hydrogen-bond donors (Lipinski definition) is 0. The van der Waals surface area contributed by atoms with E-state index >= 15 is 0 Å². The van der Waals surface area contributed by atoms with Crippen molar-refractivity contribution in [1.82, 2.24) is 4.90 Å². The van der Waals surface area contributed by atoms with Crippen LogP contribution in [0.4, 0.5) is 4.79 Å². The molecule has 1 aliphatic heterocycles. The lowest BCUT2D eigenvalue weighted by molar-refractivity contribution is -0.149. The predicted molar refractivity (Wildman–Crippen MR) is 105 cm³/mol. The lowest BCUT2D eigenvalue weighted by Gasteiger charge is -2.47. The van der Waals surface area contributed by atoms with Crippen LogP contribution in [0.25, 0.3) is 0 Å². The summed E-state index contributed by atoms with van der Waals surface area (Å²) in [6.07, 6.45) is 0.968. The Morgan fingerprint density at radius 2 is 1.58 bits per heavy atom. The fraction of sp³-hybridized carbons (Fsp3) is 0.895. The van der Waals surface area contributed by atoms with Crippen LogP contribution in [0, 0.1) is 5.92 Å². The molecular weight excluding hydrogens is 350 g/mol. The Bertz CT molecular complexity index is 507. The minimum atomic E-state index is -0.784. The molecule has 152 valence electrons. The van der Waals surface area contributed by atoms with Crippen LogP contribution < -0.4 is 0 Å². The van der Waals surface area contributed by atoms with Gasteiger partial charge in [-0.2, -0.15) is 0 Å². The van der Waals surface area contributed by atoms with Crippen molar-refractivity contribution in [3.63, 3.8) is 0 Å². The van der Waals surface area contributed by atoms with Crippen molar-refractivity contribution in [3.8, 4) is 0 Å². The summed E-state index contributed by atoms with van der Waals surface area (Å²) in [4.78, 5) is 26.5. The molecule has 26 heavy (non-hydrogen) atoms. The van der Waals surface area contributed by atoms with E-state index in [0.29, 0.717) is 19.4 Å². The number of nitrogens with zero attached hydrogens (tertiary/aromatic N) is 1. The van der Waals surface area contributed by atoms with Gasteiger partial charge in [0.05, 0.1) is 24.7 Å². The molecule has 1 fully saturated rings. The monoisotopic (exact) mass is 387 g/mol. The van der Waals surface area contributed by atoms with E-state index in [4.69, 9.17) is 13.9 Å². The molecule has 0 aromatic carbocycles. The normalized spacial score (nSPS) is 22.6. The van der Waals surface area contributed by atoms with Crippen molar-refractivity contribution < 1.29 is 23.5 Å². The molecule has 0 bridgehead atoms. The number of ether oxygens (including phenoxy) is 2. The van der Waals surface area contributed by atoms with Crippen LogP contribution in [0.5, 0.6) is 0 Å². The van der Waals surface area contributed by atoms with Crippen molar-refractivity contribution in [2.24, 2.45) is 5.92 Å². The Morgan fingerprint density at radius 1 is 1.00 bits per heavy atom. The molecule has 0 saturated carbocycles. The molecule has 7 heteroatoms. The van der Waals surface area contributed by atoms with Crippen molar-refractivity contribution in [2.75, 3.05) is 13.7 Å². The Balaban J connectivity index is 3.02. The van der Waals surface area contributed by atoms with Crippen LogP contribution in [0.2, 0.25) is 5.04 Å². The van der Waals surface area contributed by atoms with Crippen LogP contribution in [0.15, 0.2) is 0 Å². The Labute approximate surface area is 160 Å². The zero-order valence-corrected chi connectivity index (χ0v) is 19.4. The molecule has 0 aromatic heterocycles. The maximum absolute atomic E-state index is 12.8. The van der Waals surface area contributed by atoms with Gasteiger partial charge in [0.25, 0.3) is 0 Å². The van der Waals surface area contributed by atoms with E-state index in [-0.39, 0.29) is 23.0 Å². The van der Waals surface area contributed by atoms with Crippen molar-refractivity contribution in [3.05, 3.63) is 0 Å². The summed E-state index contributed by atoms with van der Waals surface area (Å²) in [6, 6.07) is -0.131. The summed E-state index contributed by atoms with van der Waals surface area (Å²) < 4.78 is 16.8. The van der Waals surface area contributed by atoms with E-state index in [9.17, 15) is 9.59 Å². The largest absolute Gasteiger partial charge is 0.469 e. The Kier molecular flexibility index (Phi) is 7.32. The lowest BCUT2D eigenvalue weighted by atomic mass is 9.85. The van der Waals surface area contributed by atoms with Gasteiger partial charge in [-0.25, -0.2) is 4.79 Å². The van der Waals surface area contributed by atoms with Crippen molar-refractivity contribution in [1.29, 1.82) is 0 Å². The summed E-state index contributed by atoms with van der Waals surface area (Å²) in [5.41, 5.74) is -1.08. The highest BCUT2D eigenvalue weighted by atomic mass is 28.2. The molecule has 1 saturated heterocycles. The predicted octanol–water partition coefficient (Wildman–Crippen LogP) is 3.27. The maximum Gasteiger partial charge on any atom is 0.410 e. The number of rotatable bonds is 4. The standard InChI is InChI=1S/C19H37NO5Si/c1-17(2,3)24-16(22)20-12-13(15(21)23-9)10-11-14(20)19(7,8)25-26-18(4,5)6/h13-14H,10-12,26H2,1-9H3/t13-,14+/m0/s1. The number of esters is 1. The second-order valence-electron chi connectivity index (χ2n) is 9.90. The SMILES string of the molecule is COC(=O)[C@H]1CC[C@H](C(C)(C)O[SiH2]C(C)(C)C)N(C(=O)OC(C)(C)C)C1. The molecule has 0 N–H and O–H groups in total. The molecule has 0 aromatic rings. The molecule has 0 spiro atoms. The van der Waals surface area contributed by atoms with E-state index in [0.717, 1.165) is 0 Å². The van der Waals surface area contributed by atoms with Crippen molar-refractivity contribution >= 4 is 21.8 Å². The smallest absolute Gasteiger partial charge is 0.410 e. The van der Waals surface area contributed by atoms with Gasteiger partial charge in [0.15, 0.2) is 9.76 Å². The van der Waals surface area contributed by atoms with Crippen LogP contribution >= 0.6 is 0 Å². The molecule has 6 nitrogen and oxygen atoms in total. The number of carbonyl (C=O) groups is 2. The highest BCUT2D eigenvalue weighted by Gasteiger charge is 2.44. The zero-order chi connectivity index (χ0) is 20.3. The molecule has 0 radical (unpaired) electrons. The molecule has 2 atom stereocenters. The quantitative estimate of drug-likeness (QED) is 0.547. The first-order valence-electron chi connectivity index (χ1n) is 9.38. The first-order valence-corrected chi connectivity index (χ1v) is 10.7. The summed E-state index contributed by atoms with van der Waals surface area (Å²) in [6.45, 7) is 16.4. The van der Waals surface area contributed by atoms with E-state index in [1.54, 1.807) is 4.90 Å². The van der Waals surface area contributed by atoms with Crippen molar-refractivity contribution in [2.45, 2.75) is 90.5 Å². The van der Waals surface area contributed by atoms with Gasteiger partial charge in [0.2, 0.25) is 0 Å². The van der Waals surface area contributed by atoms with Gasteiger partial charge in [-0.05, 0) is 52.5 Å². The zero-order valence-electron chi connectivity index (χ0n) is 18.0. The van der Waals surface area contributed by atoms with Crippen LogP contribution in [-0.4, -0.2) is 57.6 Å². The second-order valence-corrected chi connectivity index (χ2v) is 12.6. The third kappa shape index (κ3) is 6.91. The number of hydrogen-bond acceptors (Lipinski definition) is 5. The maximum atomic E-state index is 12.8. The fourth-order valence-electron chi connectivity index (χ4n) is 3.07. The molecule has 0 unspecified atom stereocenters. The highest BCUT2D eigenvalue weighted by molar-refractivity contribution is 6.31. The van der Waals surface area contributed by atoms with Gasteiger partial charge >= 0.3 is 12.1 Å². The first kappa shape index (κ1) is 23.0. The van der Waals surface area contributed by atoms with E-state index in [1.807, 2.05) is 34.6 Å². The molecule has 0 aliphatic carbocycles. The summed E-state index contributed by atoms with van der Waals surface area (Å²) in [5.74, 6) is -0.598. The second kappa shape index (κ2) is 8.29. The summed E-state index contributed by atoms with van der Waals surface area (Å²) >= 11 is 0. The summed E-state index contributed by atoms with van der Waals surface area (Å²) in [5, 5.41) is 0.164. The van der Waals surface area contributed by atoms with Gasteiger partial charge in [0, 0.05) is 6.54 Å². The lowest BCUT2D eigenvalue weighted by Crippen LogP contribution is -2.59. The number of amides is 1. The molecule has 1 aliphatic rings. The van der Waals surface area contributed by atoms with E-state index in [1.165, 1.54) is 7.11 Å². The number of carbonyl (C=O) groups excluding carboxylic acids is 2. The van der Waals surface area contributed by atoms with Gasteiger partial charge in [-0.1, -0.05) is 20.8 Å². The third-order valence-electron chi connectivity index (χ3n) is 4.42. The summed E-state index contributed by atoms with van der Waals surface area (Å²) in [7, 11) is 0.599. The number of likely N-dealkylation sites (tertiary alicyclic amines) is 1. The molecule has 1 amide bonds. The van der Waals surface area contributed by atoms with Crippen LogP contribution in [-0.2, 0) is 18.7 Å². The third-order valence-corrected chi connectivity index (χ3v) is 6.18. The number of piperidine rings is 1. The average molecular weight is 388 g/mol. The van der Waals surface area contributed by atoms with Crippen LogP contribution in [0.3, 0.4) is 0 Å². The van der Waals surface area contributed by atoms with Crippen LogP contribution in [0.1, 0.15) is 68.2 Å². The topological polar surface area (TPSA) is 65.1 Å². The molecule has 1 rings (SSSR count). The van der Waals surface area contributed by atoms with Gasteiger partial charge in [-0.15, -0.1) is 0 Å². The first-order chi connectivity index (χ1) is 11.7. The van der Waals surface area contributed by atoms with E-state index in [2.05, 4.69) is 20.8 Å². The Hall–Kier alpha value is -1.08. The van der Waals surface area contributed by atoms with Gasteiger partial charge in [0.1, 0.15) is 5.60 Å². The van der Waals surface area contributed by atoms with Gasteiger partial charge < -0.3 is 18.8 Å². The van der Waals surface area contributed by atoms with E-state index < -0.39 is 27.1 Å². The van der Waals surface area contributed by atoms with Gasteiger partial charge in [-0.3, -0.25) is 4.79 Å². The number of methoxy groups -OCH3 is 1.